The summed E-state index contributed by atoms with van der Waals surface area (Å²) < 4.78 is 5.50. The van der Waals surface area contributed by atoms with Crippen molar-refractivity contribution in [2.45, 2.75) is 12.8 Å². The van der Waals surface area contributed by atoms with E-state index < -0.39 is 0 Å². The molecular weight excluding hydrogens is 364 g/mol. The number of carbonyl (C=O) groups is 2. The van der Waals surface area contributed by atoms with E-state index >= 15 is 0 Å². The Kier molecular flexibility index (Phi) is 6.48. The van der Waals surface area contributed by atoms with Crippen LogP contribution in [0.3, 0.4) is 0 Å². The molecule has 2 heterocycles. The highest BCUT2D eigenvalue weighted by atomic mass is 32.1. The van der Waals surface area contributed by atoms with Gasteiger partial charge in [0.15, 0.2) is 0 Å². The minimum Gasteiger partial charge on any atom is -0.424 e. The summed E-state index contributed by atoms with van der Waals surface area (Å²) in [5.74, 6) is 0.352. The molecule has 0 bridgehead atoms. The minimum atomic E-state index is -0.116. The van der Waals surface area contributed by atoms with Gasteiger partial charge in [-0.2, -0.15) is 11.3 Å². The predicted molar refractivity (Wildman–Crippen MR) is 103 cm³/mol. The highest BCUT2D eigenvalue weighted by molar-refractivity contribution is 7.08. The number of hydrogen-bond acceptors (Lipinski definition) is 6. The molecule has 2 N–H and O–H groups in total. The maximum Gasteiger partial charge on any atom is 0.321 e. The first-order valence-electron chi connectivity index (χ1n) is 8.36. The van der Waals surface area contributed by atoms with Crippen LogP contribution in [0.5, 0.6) is 11.8 Å². The molecule has 0 aliphatic rings. The summed E-state index contributed by atoms with van der Waals surface area (Å²) in [7, 11) is 0. The van der Waals surface area contributed by atoms with Gasteiger partial charge in [0, 0.05) is 42.0 Å². The van der Waals surface area contributed by atoms with Gasteiger partial charge in [-0.3, -0.25) is 9.59 Å². The molecule has 0 unspecified atom stereocenters. The number of amides is 2. The van der Waals surface area contributed by atoms with Crippen molar-refractivity contribution in [3.05, 3.63) is 65.1 Å². The van der Waals surface area contributed by atoms with Crippen molar-refractivity contribution < 1.29 is 14.3 Å². The van der Waals surface area contributed by atoms with E-state index in [0.717, 1.165) is 0 Å². The summed E-state index contributed by atoms with van der Waals surface area (Å²) in [6.45, 7) is 0.450. The molecule has 0 aliphatic carbocycles. The quantitative estimate of drug-likeness (QED) is 0.582. The lowest BCUT2D eigenvalue weighted by Gasteiger charge is -2.07. The number of nitrogens with one attached hydrogen (secondary N) is 2. The van der Waals surface area contributed by atoms with Crippen molar-refractivity contribution in [2.24, 2.45) is 0 Å². The Morgan fingerprint density at radius 1 is 1.07 bits per heavy atom. The van der Waals surface area contributed by atoms with Crippen LogP contribution < -0.4 is 15.4 Å². The molecule has 1 aromatic carbocycles. The Bertz CT molecular complexity index is 868. The first-order chi connectivity index (χ1) is 13.2. The van der Waals surface area contributed by atoms with E-state index in [2.05, 4.69) is 20.6 Å². The number of aromatic nitrogens is 2. The summed E-state index contributed by atoms with van der Waals surface area (Å²) in [6.07, 6.45) is 4.08. The van der Waals surface area contributed by atoms with Gasteiger partial charge in [0.2, 0.25) is 5.91 Å². The van der Waals surface area contributed by atoms with Crippen LogP contribution in [0.25, 0.3) is 0 Å². The predicted octanol–water partition coefficient (Wildman–Crippen LogP) is 3.48. The van der Waals surface area contributed by atoms with Crippen LogP contribution in [0.4, 0.5) is 5.69 Å². The van der Waals surface area contributed by atoms with Crippen molar-refractivity contribution in [3.63, 3.8) is 0 Å². The van der Waals surface area contributed by atoms with Gasteiger partial charge >= 0.3 is 6.01 Å². The zero-order valence-electron chi connectivity index (χ0n) is 14.4. The fourth-order valence-electron chi connectivity index (χ4n) is 2.22. The molecule has 0 radical (unpaired) electrons. The Hall–Kier alpha value is -3.26. The maximum absolute atomic E-state index is 12.0. The van der Waals surface area contributed by atoms with Crippen LogP contribution in [-0.2, 0) is 4.79 Å². The molecule has 0 fully saturated rings. The van der Waals surface area contributed by atoms with Gasteiger partial charge in [0.05, 0.1) is 0 Å². The molecular formula is C19H18N4O3S. The molecule has 138 valence electrons. The molecule has 0 saturated heterocycles. The van der Waals surface area contributed by atoms with E-state index in [1.807, 2.05) is 5.38 Å². The zero-order valence-corrected chi connectivity index (χ0v) is 15.2. The van der Waals surface area contributed by atoms with E-state index in [-0.39, 0.29) is 17.8 Å². The molecule has 0 aliphatic heterocycles. The van der Waals surface area contributed by atoms with Crippen molar-refractivity contribution >= 4 is 28.8 Å². The Balaban J connectivity index is 1.38. The van der Waals surface area contributed by atoms with E-state index in [1.165, 1.54) is 11.3 Å². The Morgan fingerprint density at radius 2 is 1.85 bits per heavy atom. The summed E-state index contributed by atoms with van der Waals surface area (Å²) in [6, 6.07) is 10.7. The Labute approximate surface area is 160 Å². The summed E-state index contributed by atoms with van der Waals surface area (Å²) in [5.41, 5.74) is 1.32. The summed E-state index contributed by atoms with van der Waals surface area (Å²) >= 11 is 1.47. The fraction of sp³-hybridized carbons (Fsp3) is 0.158. The number of benzene rings is 1. The first-order valence-corrected chi connectivity index (χ1v) is 9.30. The lowest BCUT2D eigenvalue weighted by Crippen LogP contribution is -2.25. The average molecular weight is 382 g/mol. The van der Waals surface area contributed by atoms with Crippen LogP contribution in [0.15, 0.2) is 59.6 Å². The van der Waals surface area contributed by atoms with E-state index in [0.29, 0.717) is 36.4 Å². The van der Waals surface area contributed by atoms with Gasteiger partial charge < -0.3 is 15.4 Å². The first kappa shape index (κ1) is 18.5. The third kappa shape index (κ3) is 5.89. The van der Waals surface area contributed by atoms with Gasteiger partial charge in [0.1, 0.15) is 5.75 Å². The molecule has 2 amide bonds. The Morgan fingerprint density at radius 3 is 2.56 bits per heavy atom. The van der Waals surface area contributed by atoms with Crippen LogP contribution in [0.2, 0.25) is 0 Å². The van der Waals surface area contributed by atoms with Crippen LogP contribution in [-0.4, -0.2) is 28.3 Å². The van der Waals surface area contributed by atoms with E-state index in [4.69, 9.17) is 4.74 Å². The molecule has 2 aromatic heterocycles. The van der Waals surface area contributed by atoms with Crippen molar-refractivity contribution in [3.8, 4) is 11.8 Å². The number of anilines is 1. The summed E-state index contributed by atoms with van der Waals surface area (Å²) in [5, 5.41) is 9.25. The molecule has 0 atom stereocenters. The number of nitrogens with zero attached hydrogens (tertiary/aromatic N) is 2. The normalized spacial score (nSPS) is 10.2. The number of thiophene rings is 1. The average Bonchev–Trinajstić information content (AvgIpc) is 3.22. The minimum absolute atomic E-state index is 0.111. The number of ether oxygens (including phenoxy) is 1. The van der Waals surface area contributed by atoms with Crippen LogP contribution in [0, 0.1) is 0 Å². The van der Waals surface area contributed by atoms with Crippen LogP contribution >= 0.6 is 11.3 Å². The smallest absolute Gasteiger partial charge is 0.321 e. The monoisotopic (exact) mass is 382 g/mol. The fourth-order valence-corrected chi connectivity index (χ4v) is 2.86. The number of carbonyl (C=O) groups excluding carboxylic acids is 2. The van der Waals surface area contributed by atoms with E-state index in [9.17, 15) is 9.59 Å². The van der Waals surface area contributed by atoms with Crippen LogP contribution in [0.1, 0.15) is 23.2 Å². The van der Waals surface area contributed by atoms with Gasteiger partial charge in [0.25, 0.3) is 5.91 Å². The van der Waals surface area contributed by atoms with Gasteiger partial charge in [-0.15, -0.1) is 0 Å². The molecule has 8 heteroatoms. The topological polar surface area (TPSA) is 93.2 Å². The second-order valence-corrected chi connectivity index (χ2v) is 6.36. The van der Waals surface area contributed by atoms with Crippen molar-refractivity contribution in [1.29, 1.82) is 0 Å². The molecule has 0 spiro atoms. The molecule has 0 saturated carbocycles. The third-order valence-corrected chi connectivity index (χ3v) is 4.22. The number of hydrogen-bond donors (Lipinski definition) is 2. The second kappa shape index (κ2) is 9.44. The molecule has 3 aromatic rings. The highest BCUT2D eigenvalue weighted by Gasteiger charge is 2.07. The molecule has 27 heavy (non-hydrogen) atoms. The van der Waals surface area contributed by atoms with Gasteiger partial charge in [-0.05, 0) is 48.2 Å². The second-order valence-electron chi connectivity index (χ2n) is 5.58. The SMILES string of the molecule is O=C(CCCNC(=O)c1ccsc1)Nc1ccc(Oc2ncccn2)cc1. The lowest BCUT2D eigenvalue weighted by atomic mass is 10.2. The lowest BCUT2D eigenvalue weighted by molar-refractivity contribution is -0.116. The van der Waals surface area contributed by atoms with Crippen molar-refractivity contribution in [1.82, 2.24) is 15.3 Å². The molecule has 3 rings (SSSR count). The van der Waals surface area contributed by atoms with E-state index in [1.54, 1.807) is 54.2 Å². The largest absolute Gasteiger partial charge is 0.424 e. The van der Waals surface area contributed by atoms with Gasteiger partial charge in [-0.25, -0.2) is 9.97 Å². The third-order valence-electron chi connectivity index (χ3n) is 3.54. The van der Waals surface area contributed by atoms with Crippen molar-refractivity contribution in [2.75, 3.05) is 11.9 Å². The maximum atomic E-state index is 12.0. The van der Waals surface area contributed by atoms with Gasteiger partial charge in [-0.1, -0.05) is 0 Å². The summed E-state index contributed by atoms with van der Waals surface area (Å²) in [4.78, 5) is 31.7. The highest BCUT2D eigenvalue weighted by Crippen LogP contribution is 2.20. The standard InChI is InChI=1S/C19H18N4O3S/c24-17(3-1-9-20-18(25)14-8-12-27-13-14)23-15-4-6-16(7-5-15)26-19-21-10-2-11-22-19/h2,4-8,10-13H,1,3,9H2,(H,20,25)(H,23,24). The molecule has 7 nitrogen and oxygen atoms in total. The number of rotatable bonds is 8. The zero-order chi connectivity index (χ0) is 18.9.